The summed E-state index contributed by atoms with van der Waals surface area (Å²) >= 11 is 1.41. The number of H-pyrrole nitrogens is 1. The van der Waals surface area contributed by atoms with Gasteiger partial charge in [0.1, 0.15) is 0 Å². The highest BCUT2D eigenvalue weighted by molar-refractivity contribution is 7.98. The second-order valence-corrected chi connectivity index (χ2v) is 4.12. The molecule has 0 aliphatic heterocycles. The zero-order valence-corrected chi connectivity index (χ0v) is 9.84. The minimum absolute atomic E-state index is 0.0622. The topological polar surface area (TPSA) is 83.3 Å². The zero-order valence-electron chi connectivity index (χ0n) is 9.02. The van der Waals surface area contributed by atoms with Crippen LogP contribution in [0.2, 0.25) is 0 Å². The number of nitrogens with one attached hydrogen (secondary N) is 1. The molecule has 0 fully saturated rings. The van der Waals surface area contributed by atoms with Crippen LogP contribution in [0.4, 0.5) is 0 Å². The molecule has 0 aromatic carbocycles. The van der Waals surface area contributed by atoms with Crippen LogP contribution in [-0.2, 0) is 6.42 Å². The summed E-state index contributed by atoms with van der Waals surface area (Å²) < 4.78 is 1.31. The van der Waals surface area contributed by atoms with E-state index in [0.717, 1.165) is 0 Å². The molecule has 2 aromatic rings. The fraction of sp³-hybridized carbons (Fsp3) is 0.444. The van der Waals surface area contributed by atoms with Crippen molar-refractivity contribution in [3.05, 3.63) is 21.6 Å². The van der Waals surface area contributed by atoms with Crippen LogP contribution in [0.15, 0.2) is 9.95 Å². The number of hydrogen-bond donors (Lipinski definition) is 2. The van der Waals surface area contributed by atoms with Gasteiger partial charge in [-0.1, -0.05) is 11.8 Å². The quantitative estimate of drug-likeness (QED) is 0.737. The number of nitrogens with zero attached hydrogens (tertiary/aromatic N) is 3. The highest BCUT2D eigenvalue weighted by Crippen LogP contribution is 2.09. The number of aromatic amines is 1. The van der Waals surface area contributed by atoms with Gasteiger partial charge in [-0.2, -0.15) is 9.50 Å². The number of rotatable bonds is 3. The third-order valence-electron chi connectivity index (χ3n) is 2.33. The van der Waals surface area contributed by atoms with Gasteiger partial charge >= 0.3 is 0 Å². The lowest BCUT2D eigenvalue weighted by Crippen LogP contribution is -2.22. The number of aryl methyl sites for hydroxylation is 1. The van der Waals surface area contributed by atoms with E-state index in [9.17, 15) is 4.79 Å². The maximum absolute atomic E-state index is 12.0. The van der Waals surface area contributed by atoms with E-state index in [2.05, 4.69) is 15.1 Å². The zero-order chi connectivity index (χ0) is 11.7. The van der Waals surface area contributed by atoms with E-state index < -0.39 is 0 Å². The normalized spacial score (nSPS) is 11.2. The predicted molar refractivity (Wildman–Crippen MR) is 60.9 cm³/mol. The van der Waals surface area contributed by atoms with Gasteiger partial charge < -0.3 is 5.11 Å². The van der Waals surface area contributed by atoms with Crippen molar-refractivity contribution in [1.29, 1.82) is 0 Å². The molecule has 2 N–H and O–H groups in total. The van der Waals surface area contributed by atoms with Gasteiger partial charge in [-0.3, -0.25) is 9.89 Å². The Hall–Kier alpha value is -1.34. The van der Waals surface area contributed by atoms with Crippen LogP contribution in [0.25, 0.3) is 5.78 Å². The van der Waals surface area contributed by atoms with Crippen LogP contribution in [0.5, 0.6) is 0 Å². The first-order chi connectivity index (χ1) is 7.67. The molecular weight excluding hydrogens is 228 g/mol. The van der Waals surface area contributed by atoms with Crippen molar-refractivity contribution >= 4 is 17.5 Å². The number of aliphatic hydroxyl groups is 1. The van der Waals surface area contributed by atoms with Gasteiger partial charge in [0.15, 0.2) is 5.16 Å². The molecule has 0 saturated carbocycles. The monoisotopic (exact) mass is 240 g/mol. The van der Waals surface area contributed by atoms with Crippen LogP contribution in [0.3, 0.4) is 0 Å². The Morgan fingerprint density at radius 1 is 1.50 bits per heavy atom. The van der Waals surface area contributed by atoms with E-state index in [1.807, 2.05) is 6.26 Å². The molecule has 16 heavy (non-hydrogen) atoms. The Morgan fingerprint density at radius 3 is 2.88 bits per heavy atom. The average molecular weight is 240 g/mol. The highest BCUT2D eigenvalue weighted by atomic mass is 32.2. The number of aliphatic hydroxyl groups excluding tert-OH is 1. The molecule has 0 unspecified atom stereocenters. The summed E-state index contributed by atoms with van der Waals surface area (Å²) in [6.45, 7) is 1.69. The number of fused-ring (bicyclic) bond motifs is 1. The molecule has 7 heteroatoms. The van der Waals surface area contributed by atoms with Crippen molar-refractivity contribution in [3.63, 3.8) is 0 Å². The molecule has 0 saturated heterocycles. The Kier molecular flexibility index (Phi) is 2.97. The first kappa shape index (κ1) is 11.2. The first-order valence-electron chi connectivity index (χ1n) is 4.80. The van der Waals surface area contributed by atoms with Crippen LogP contribution in [-0.4, -0.2) is 37.6 Å². The summed E-state index contributed by atoms with van der Waals surface area (Å²) in [6.07, 6.45) is 2.18. The van der Waals surface area contributed by atoms with Crippen LogP contribution < -0.4 is 5.56 Å². The third kappa shape index (κ3) is 1.72. The van der Waals surface area contributed by atoms with Crippen molar-refractivity contribution < 1.29 is 5.11 Å². The minimum Gasteiger partial charge on any atom is -0.396 e. The maximum atomic E-state index is 12.0. The molecular formula is C9H12N4O2S. The van der Waals surface area contributed by atoms with Crippen molar-refractivity contribution in [2.75, 3.05) is 12.9 Å². The van der Waals surface area contributed by atoms with Gasteiger partial charge in [-0.25, -0.2) is 4.98 Å². The molecule has 2 rings (SSSR count). The Labute approximate surface area is 95.7 Å². The maximum Gasteiger partial charge on any atom is 0.277 e. The van der Waals surface area contributed by atoms with E-state index in [1.54, 1.807) is 6.92 Å². The lowest BCUT2D eigenvalue weighted by atomic mass is 10.2. The Morgan fingerprint density at radius 2 is 2.25 bits per heavy atom. The fourth-order valence-electron chi connectivity index (χ4n) is 1.53. The number of hydrogen-bond acceptors (Lipinski definition) is 5. The molecule has 2 heterocycles. The second-order valence-electron chi connectivity index (χ2n) is 3.32. The molecule has 2 aromatic heterocycles. The lowest BCUT2D eigenvalue weighted by molar-refractivity contribution is 0.298. The Balaban J connectivity index is 2.71. The first-order valence-corrected chi connectivity index (χ1v) is 6.03. The van der Waals surface area contributed by atoms with E-state index in [-0.39, 0.29) is 12.2 Å². The SMILES string of the molecule is CSc1nc2nc(C)c(CCO)c(=O)n2[nH]1. The van der Waals surface area contributed by atoms with Crippen molar-refractivity contribution in [1.82, 2.24) is 19.6 Å². The largest absolute Gasteiger partial charge is 0.396 e. The number of aromatic nitrogens is 4. The highest BCUT2D eigenvalue weighted by Gasteiger charge is 2.12. The molecule has 0 radical (unpaired) electrons. The standard InChI is InChI=1S/C9H12N4O2S/c1-5-6(3-4-14)7(15)13-8(10-5)11-9(12-13)16-2/h14H,3-4H2,1-2H3,(H,10,11,12). The fourth-order valence-corrected chi connectivity index (χ4v) is 1.88. The van der Waals surface area contributed by atoms with Crippen molar-refractivity contribution in [3.8, 4) is 0 Å². The molecule has 86 valence electrons. The smallest absolute Gasteiger partial charge is 0.277 e. The lowest BCUT2D eigenvalue weighted by Gasteiger charge is -2.01. The van der Waals surface area contributed by atoms with Gasteiger partial charge in [-0.15, -0.1) is 0 Å². The van der Waals surface area contributed by atoms with Crippen molar-refractivity contribution in [2.45, 2.75) is 18.5 Å². The molecule has 0 aliphatic carbocycles. The van der Waals surface area contributed by atoms with Gasteiger partial charge in [0.25, 0.3) is 11.3 Å². The summed E-state index contributed by atoms with van der Waals surface area (Å²) in [4.78, 5) is 20.4. The summed E-state index contributed by atoms with van der Waals surface area (Å²) in [5, 5.41) is 12.4. The summed E-state index contributed by atoms with van der Waals surface area (Å²) in [5.74, 6) is 0.369. The molecule has 0 aliphatic rings. The van der Waals surface area contributed by atoms with Crippen LogP contribution >= 0.6 is 11.8 Å². The summed E-state index contributed by atoms with van der Waals surface area (Å²) in [5.41, 5.74) is 0.957. The molecule has 0 atom stereocenters. The van der Waals surface area contributed by atoms with Crippen molar-refractivity contribution in [2.24, 2.45) is 0 Å². The van der Waals surface area contributed by atoms with Gasteiger partial charge in [0.2, 0.25) is 0 Å². The summed E-state index contributed by atoms with van der Waals surface area (Å²) in [6, 6.07) is 0. The van der Waals surface area contributed by atoms with Crippen LogP contribution in [0, 0.1) is 6.92 Å². The van der Waals surface area contributed by atoms with Gasteiger partial charge in [0, 0.05) is 18.6 Å². The van der Waals surface area contributed by atoms with E-state index >= 15 is 0 Å². The molecule has 6 nitrogen and oxygen atoms in total. The van der Waals surface area contributed by atoms with Crippen LogP contribution in [0.1, 0.15) is 11.3 Å². The third-order valence-corrected chi connectivity index (χ3v) is 2.90. The minimum atomic E-state index is -0.190. The molecule has 0 amide bonds. The Bertz CT molecular complexity index is 575. The van der Waals surface area contributed by atoms with E-state index in [4.69, 9.17) is 5.11 Å². The van der Waals surface area contributed by atoms with Gasteiger partial charge in [0.05, 0.1) is 5.69 Å². The average Bonchev–Trinajstić information content (AvgIpc) is 2.67. The second kappa shape index (κ2) is 4.26. The van der Waals surface area contributed by atoms with E-state index in [0.29, 0.717) is 28.6 Å². The van der Waals surface area contributed by atoms with E-state index in [1.165, 1.54) is 16.3 Å². The summed E-state index contributed by atoms with van der Waals surface area (Å²) in [7, 11) is 0. The number of thioether (sulfide) groups is 1. The predicted octanol–water partition coefficient (Wildman–Crippen LogP) is -0.0173. The molecule has 0 spiro atoms. The van der Waals surface area contributed by atoms with Gasteiger partial charge in [-0.05, 0) is 13.2 Å². The molecule has 0 bridgehead atoms.